The first-order valence-electron chi connectivity index (χ1n) is 8.00. The van der Waals surface area contributed by atoms with E-state index in [-0.39, 0.29) is 10.7 Å². The van der Waals surface area contributed by atoms with Gasteiger partial charge in [-0.15, -0.1) is 0 Å². The Morgan fingerprint density at radius 1 is 1.19 bits per heavy atom. The van der Waals surface area contributed by atoms with E-state index >= 15 is 0 Å². The number of benzene rings is 1. The number of carbonyl (C=O) groups is 1. The predicted molar refractivity (Wildman–Crippen MR) is 91.0 cm³/mol. The Bertz CT molecular complexity index is 757. The van der Waals surface area contributed by atoms with Crippen molar-refractivity contribution in [2.75, 3.05) is 31.5 Å². The van der Waals surface area contributed by atoms with Crippen LogP contribution in [0.25, 0.3) is 0 Å². The molecule has 26 heavy (non-hydrogen) atoms. The number of hydrogen-bond acceptors (Lipinski definition) is 3. The van der Waals surface area contributed by atoms with E-state index in [0.717, 1.165) is 24.0 Å². The number of alkyl halides is 3. The van der Waals surface area contributed by atoms with Gasteiger partial charge >= 0.3 is 12.2 Å². The Kier molecular flexibility index (Phi) is 5.43. The maximum absolute atomic E-state index is 12.8. The minimum absolute atomic E-state index is 0.0514. The number of rotatable bonds is 3. The zero-order valence-electron chi connectivity index (χ0n) is 13.7. The topological polar surface area (TPSA) is 48.7 Å². The van der Waals surface area contributed by atoms with Gasteiger partial charge in [0.15, 0.2) is 0 Å². The Balaban J connectivity index is 1.58. The van der Waals surface area contributed by atoms with Crippen molar-refractivity contribution in [3.8, 4) is 0 Å². The fourth-order valence-electron chi connectivity index (χ4n) is 2.72. The molecule has 5 nitrogen and oxygen atoms in total. The Morgan fingerprint density at radius 2 is 1.92 bits per heavy atom. The highest BCUT2D eigenvalue weighted by Gasteiger charge is 2.31. The van der Waals surface area contributed by atoms with Crippen LogP contribution in [0.2, 0.25) is 5.02 Å². The van der Waals surface area contributed by atoms with Crippen LogP contribution in [0.15, 0.2) is 41.0 Å². The minimum atomic E-state index is -4.50. The molecular formula is C17H17ClF3N3O2. The van der Waals surface area contributed by atoms with Gasteiger partial charge in [0.25, 0.3) is 0 Å². The molecule has 0 aliphatic carbocycles. The molecule has 0 radical (unpaired) electrons. The van der Waals surface area contributed by atoms with E-state index in [1.807, 2.05) is 12.1 Å². The van der Waals surface area contributed by atoms with Crippen LogP contribution in [0, 0.1) is 0 Å². The lowest BCUT2D eigenvalue weighted by atomic mass is 10.2. The van der Waals surface area contributed by atoms with Crippen LogP contribution in [-0.4, -0.2) is 42.0 Å². The number of nitrogens with zero attached hydrogens (tertiary/aromatic N) is 2. The SMILES string of the molecule is O=C(Nc1cc(C(F)(F)F)ccc1Cl)N1CCN(Cc2ccco2)CC1. The summed E-state index contributed by atoms with van der Waals surface area (Å²) >= 11 is 5.91. The van der Waals surface area contributed by atoms with Crippen LogP contribution in [0.3, 0.4) is 0 Å². The second-order valence-electron chi connectivity index (χ2n) is 5.97. The van der Waals surface area contributed by atoms with Gasteiger partial charge in [-0.3, -0.25) is 4.90 Å². The summed E-state index contributed by atoms with van der Waals surface area (Å²) in [6, 6.07) is 6.08. The highest BCUT2D eigenvalue weighted by Crippen LogP contribution is 2.33. The second-order valence-corrected chi connectivity index (χ2v) is 6.37. The summed E-state index contributed by atoms with van der Waals surface area (Å²) in [5.74, 6) is 0.846. The monoisotopic (exact) mass is 387 g/mol. The molecule has 1 N–H and O–H groups in total. The molecular weight excluding hydrogens is 371 g/mol. The predicted octanol–water partition coefficient (Wildman–Crippen LogP) is 4.30. The second kappa shape index (κ2) is 7.59. The van der Waals surface area contributed by atoms with Crippen molar-refractivity contribution in [1.82, 2.24) is 9.80 Å². The molecule has 1 aromatic heterocycles. The Morgan fingerprint density at radius 3 is 2.54 bits per heavy atom. The van der Waals surface area contributed by atoms with Gasteiger partial charge in [-0.25, -0.2) is 4.79 Å². The first-order valence-corrected chi connectivity index (χ1v) is 8.38. The molecule has 1 aliphatic rings. The fraction of sp³-hybridized carbons (Fsp3) is 0.353. The van der Waals surface area contributed by atoms with Gasteiger partial charge in [-0.2, -0.15) is 13.2 Å². The number of nitrogens with one attached hydrogen (secondary N) is 1. The summed E-state index contributed by atoms with van der Waals surface area (Å²) in [6.07, 6.45) is -2.89. The van der Waals surface area contributed by atoms with Crippen LogP contribution in [-0.2, 0) is 12.7 Å². The Labute approximate surface area is 153 Å². The molecule has 1 aromatic carbocycles. The first-order chi connectivity index (χ1) is 12.3. The molecule has 9 heteroatoms. The third-order valence-electron chi connectivity index (χ3n) is 4.15. The highest BCUT2D eigenvalue weighted by atomic mass is 35.5. The van der Waals surface area contributed by atoms with Crippen LogP contribution in [0.5, 0.6) is 0 Å². The molecule has 140 valence electrons. The van der Waals surface area contributed by atoms with Crippen molar-refractivity contribution in [3.63, 3.8) is 0 Å². The van der Waals surface area contributed by atoms with Crippen molar-refractivity contribution in [3.05, 3.63) is 52.9 Å². The van der Waals surface area contributed by atoms with E-state index in [1.165, 1.54) is 0 Å². The van der Waals surface area contributed by atoms with Crippen LogP contribution in [0.4, 0.5) is 23.7 Å². The lowest BCUT2D eigenvalue weighted by molar-refractivity contribution is -0.137. The average Bonchev–Trinajstić information content (AvgIpc) is 3.09. The van der Waals surface area contributed by atoms with Gasteiger partial charge in [0, 0.05) is 26.2 Å². The van der Waals surface area contributed by atoms with Gasteiger partial charge in [0.2, 0.25) is 0 Å². The molecule has 2 aromatic rings. The van der Waals surface area contributed by atoms with Crippen molar-refractivity contribution < 1.29 is 22.4 Å². The first kappa shape index (κ1) is 18.6. The molecule has 1 aliphatic heterocycles. The molecule has 0 saturated carbocycles. The summed E-state index contributed by atoms with van der Waals surface area (Å²) in [5, 5.41) is 2.53. The molecule has 2 heterocycles. The fourth-order valence-corrected chi connectivity index (χ4v) is 2.89. The molecule has 0 bridgehead atoms. The highest BCUT2D eigenvalue weighted by molar-refractivity contribution is 6.33. The van der Waals surface area contributed by atoms with Crippen molar-refractivity contribution in [2.45, 2.75) is 12.7 Å². The number of piperazine rings is 1. The van der Waals surface area contributed by atoms with E-state index in [0.29, 0.717) is 32.7 Å². The van der Waals surface area contributed by atoms with Gasteiger partial charge in [0.05, 0.1) is 29.1 Å². The van der Waals surface area contributed by atoms with E-state index in [4.69, 9.17) is 16.0 Å². The van der Waals surface area contributed by atoms with Crippen molar-refractivity contribution >= 4 is 23.3 Å². The summed E-state index contributed by atoms with van der Waals surface area (Å²) in [7, 11) is 0. The largest absolute Gasteiger partial charge is 0.468 e. The van der Waals surface area contributed by atoms with Crippen LogP contribution >= 0.6 is 11.6 Å². The van der Waals surface area contributed by atoms with E-state index in [9.17, 15) is 18.0 Å². The summed E-state index contributed by atoms with van der Waals surface area (Å²) in [5.41, 5.74) is -0.912. The Hall–Kier alpha value is -2.19. The third-order valence-corrected chi connectivity index (χ3v) is 4.48. The number of anilines is 1. The number of amides is 2. The summed E-state index contributed by atoms with van der Waals surface area (Å²) in [6.45, 7) is 2.86. The quantitative estimate of drug-likeness (QED) is 0.854. The molecule has 0 spiro atoms. The smallest absolute Gasteiger partial charge is 0.416 e. The molecule has 2 amide bonds. The van der Waals surface area contributed by atoms with Gasteiger partial charge in [-0.05, 0) is 30.3 Å². The van der Waals surface area contributed by atoms with Crippen molar-refractivity contribution in [2.24, 2.45) is 0 Å². The van der Waals surface area contributed by atoms with Gasteiger partial charge < -0.3 is 14.6 Å². The summed E-state index contributed by atoms with van der Waals surface area (Å²) in [4.78, 5) is 16.0. The van der Waals surface area contributed by atoms with E-state index in [1.54, 1.807) is 11.2 Å². The number of carbonyl (C=O) groups excluding carboxylic acids is 1. The van der Waals surface area contributed by atoms with Gasteiger partial charge in [0.1, 0.15) is 5.76 Å². The maximum atomic E-state index is 12.8. The van der Waals surface area contributed by atoms with E-state index in [2.05, 4.69) is 10.2 Å². The van der Waals surface area contributed by atoms with Crippen LogP contribution < -0.4 is 5.32 Å². The number of hydrogen-bond donors (Lipinski definition) is 1. The minimum Gasteiger partial charge on any atom is -0.468 e. The molecule has 1 fully saturated rings. The maximum Gasteiger partial charge on any atom is 0.416 e. The molecule has 0 unspecified atom stereocenters. The van der Waals surface area contributed by atoms with E-state index < -0.39 is 17.8 Å². The number of furan rings is 1. The average molecular weight is 388 g/mol. The molecule has 1 saturated heterocycles. The molecule has 3 rings (SSSR count). The normalized spacial score (nSPS) is 15.9. The molecule has 0 atom stereocenters. The zero-order valence-corrected chi connectivity index (χ0v) is 14.5. The lowest BCUT2D eigenvalue weighted by Crippen LogP contribution is -2.49. The zero-order chi connectivity index (χ0) is 18.7. The number of halogens is 4. The third kappa shape index (κ3) is 4.50. The van der Waals surface area contributed by atoms with Crippen LogP contribution in [0.1, 0.15) is 11.3 Å². The summed E-state index contributed by atoms with van der Waals surface area (Å²) < 4.78 is 43.7. The van der Waals surface area contributed by atoms with Crippen molar-refractivity contribution in [1.29, 1.82) is 0 Å². The lowest BCUT2D eigenvalue weighted by Gasteiger charge is -2.34. The van der Waals surface area contributed by atoms with Gasteiger partial charge in [-0.1, -0.05) is 11.6 Å². The number of urea groups is 1. The standard InChI is InChI=1S/C17H17ClF3N3O2/c18-14-4-3-12(17(19,20)21)10-15(14)22-16(25)24-7-5-23(6-8-24)11-13-2-1-9-26-13/h1-4,9-10H,5-8,11H2,(H,22,25).